The molecule has 0 spiro atoms. The van der Waals surface area contributed by atoms with Crippen LogP contribution < -0.4 is 0 Å². The quantitative estimate of drug-likeness (QED) is 0.696. The van der Waals surface area contributed by atoms with Crippen LogP contribution in [0.15, 0.2) is 28.7 Å². The van der Waals surface area contributed by atoms with Gasteiger partial charge in [-0.1, -0.05) is 40.5 Å². The normalized spacial score (nSPS) is 35.1. The van der Waals surface area contributed by atoms with Crippen LogP contribution in [0, 0.1) is 11.8 Å². The molecule has 0 amide bonds. The maximum atomic E-state index is 3.68. The Bertz CT molecular complexity index is 345. The Labute approximate surface area is 93.8 Å². The number of hydrogen-bond acceptors (Lipinski definition) is 0. The summed E-state index contributed by atoms with van der Waals surface area (Å²) in [6, 6.07) is 8.77. The molecule has 2 aliphatic rings. The molecule has 2 aliphatic carbocycles. The van der Waals surface area contributed by atoms with E-state index in [9.17, 15) is 0 Å². The molecule has 2 saturated carbocycles. The fourth-order valence-electron chi connectivity index (χ4n) is 3.40. The van der Waals surface area contributed by atoms with Gasteiger partial charge in [0.05, 0.1) is 0 Å². The van der Waals surface area contributed by atoms with Crippen LogP contribution in [0.25, 0.3) is 0 Å². The lowest BCUT2D eigenvalue weighted by molar-refractivity contribution is 0.419. The third kappa shape index (κ3) is 1.33. The van der Waals surface area contributed by atoms with Gasteiger partial charge in [0.25, 0.3) is 0 Å². The highest BCUT2D eigenvalue weighted by Gasteiger charge is 2.40. The average Bonchev–Trinajstić information content (AvgIpc) is 2.79. The number of rotatable bonds is 1. The molecule has 2 bridgehead atoms. The van der Waals surface area contributed by atoms with Gasteiger partial charge in [0, 0.05) is 4.47 Å². The highest BCUT2D eigenvalue weighted by atomic mass is 79.9. The Morgan fingerprint density at radius 3 is 2.57 bits per heavy atom. The van der Waals surface area contributed by atoms with Gasteiger partial charge < -0.3 is 0 Å². The van der Waals surface area contributed by atoms with Crippen LogP contribution in [-0.4, -0.2) is 0 Å². The minimum absolute atomic E-state index is 0.851. The predicted octanol–water partition coefficient (Wildman–Crippen LogP) is 4.35. The highest BCUT2D eigenvalue weighted by Crippen LogP contribution is 2.53. The third-order valence-electron chi connectivity index (χ3n) is 4.04. The van der Waals surface area contributed by atoms with Gasteiger partial charge >= 0.3 is 0 Å². The Hall–Kier alpha value is -0.300. The Kier molecular flexibility index (Phi) is 2.16. The molecule has 3 rings (SSSR count). The van der Waals surface area contributed by atoms with Gasteiger partial charge in [0.2, 0.25) is 0 Å². The molecule has 0 heterocycles. The van der Waals surface area contributed by atoms with E-state index in [1.54, 1.807) is 5.56 Å². The number of fused-ring (bicyclic) bond motifs is 2. The molecule has 3 atom stereocenters. The second kappa shape index (κ2) is 3.37. The van der Waals surface area contributed by atoms with Crippen molar-refractivity contribution >= 4 is 15.9 Å². The zero-order valence-electron chi connectivity index (χ0n) is 8.25. The van der Waals surface area contributed by atoms with Crippen molar-refractivity contribution in [2.75, 3.05) is 0 Å². The number of halogens is 1. The topological polar surface area (TPSA) is 0 Å². The van der Waals surface area contributed by atoms with Crippen molar-refractivity contribution in [3.8, 4) is 0 Å². The third-order valence-corrected chi connectivity index (χ3v) is 4.76. The monoisotopic (exact) mass is 250 g/mol. The van der Waals surface area contributed by atoms with Gasteiger partial charge in [-0.25, -0.2) is 0 Å². The van der Waals surface area contributed by atoms with Crippen molar-refractivity contribution in [3.63, 3.8) is 0 Å². The Balaban J connectivity index is 1.93. The summed E-state index contributed by atoms with van der Waals surface area (Å²) in [5.74, 6) is 2.88. The van der Waals surface area contributed by atoms with E-state index >= 15 is 0 Å². The van der Waals surface area contributed by atoms with Crippen molar-refractivity contribution in [1.82, 2.24) is 0 Å². The van der Waals surface area contributed by atoms with Gasteiger partial charge in [-0.05, 0) is 48.6 Å². The zero-order chi connectivity index (χ0) is 9.54. The lowest BCUT2D eigenvalue weighted by Crippen LogP contribution is -2.08. The second-order valence-electron chi connectivity index (χ2n) is 4.80. The van der Waals surface area contributed by atoms with Crippen molar-refractivity contribution in [3.05, 3.63) is 34.3 Å². The highest BCUT2D eigenvalue weighted by molar-refractivity contribution is 9.10. The summed E-state index contributed by atoms with van der Waals surface area (Å²) in [5.41, 5.74) is 1.56. The summed E-state index contributed by atoms with van der Waals surface area (Å²) < 4.78 is 1.32. The maximum absolute atomic E-state index is 3.68. The second-order valence-corrected chi connectivity index (χ2v) is 5.66. The van der Waals surface area contributed by atoms with E-state index in [0.717, 1.165) is 17.8 Å². The molecular weight excluding hydrogens is 236 g/mol. The fraction of sp³-hybridized carbons (Fsp3) is 0.538. The zero-order valence-corrected chi connectivity index (χ0v) is 9.83. The fourth-order valence-corrected chi connectivity index (χ4v) is 3.98. The van der Waals surface area contributed by atoms with Gasteiger partial charge in [0.15, 0.2) is 0 Å². The number of hydrogen-bond donors (Lipinski definition) is 0. The molecule has 0 saturated heterocycles. The summed E-state index contributed by atoms with van der Waals surface area (Å²) in [7, 11) is 0. The summed E-state index contributed by atoms with van der Waals surface area (Å²) in [4.78, 5) is 0. The van der Waals surface area contributed by atoms with Crippen molar-refractivity contribution in [2.45, 2.75) is 31.6 Å². The summed E-state index contributed by atoms with van der Waals surface area (Å²) in [6.45, 7) is 0. The predicted molar refractivity (Wildman–Crippen MR) is 62.3 cm³/mol. The molecule has 1 heteroatoms. The van der Waals surface area contributed by atoms with Crippen molar-refractivity contribution < 1.29 is 0 Å². The maximum Gasteiger partial charge on any atom is 0.0210 e. The van der Waals surface area contributed by atoms with Crippen LogP contribution in [0.4, 0.5) is 0 Å². The van der Waals surface area contributed by atoms with E-state index in [1.807, 2.05) is 0 Å². The van der Waals surface area contributed by atoms with Crippen LogP contribution in [0.1, 0.15) is 37.2 Å². The first-order chi connectivity index (χ1) is 6.84. The van der Waals surface area contributed by atoms with E-state index in [0.29, 0.717) is 0 Å². The first-order valence-electron chi connectivity index (χ1n) is 5.59. The standard InChI is InChI=1S/C13H15Br/c14-13-4-2-1-3-11(13)12-8-9-5-6-10(12)7-9/h1-4,9-10,12H,5-8H2/t9-,10+,12+/m0/s1. The number of benzene rings is 1. The van der Waals surface area contributed by atoms with E-state index < -0.39 is 0 Å². The smallest absolute Gasteiger partial charge is 0.0210 e. The largest absolute Gasteiger partial charge is 0.0619 e. The van der Waals surface area contributed by atoms with E-state index in [-0.39, 0.29) is 0 Å². The van der Waals surface area contributed by atoms with Crippen LogP contribution in [0.5, 0.6) is 0 Å². The Morgan fingerprint density at radius 1 is 1.07 bits per heavy atom. The lowest BCUT2D eigenvalue weighted by Gasteiger charge is -2.22. The van der Waals surface area contributed by atoms with Gasteiger partial charge in [-0.15, -0.1) is 0 Å². The first-order valence-corrected chi connectivity index (χ1v) is 6.38. The molecule has 0 N–H and O–H groups in total. The van der Waals surface area contributed by atoms with Crippen LogP contribution in [0.3, 0.4) is 0 Å². The average molecular weight is 251 g/mol. The molecule has 14 heavy (non-hydrogen) atoms. The molecule has 1 aromatic rings. The molecule has 0 nitrogen and oxygen atoms in total. The summed E-state index contributed by atoms with van der Waals surface area (Å²) in [6.07, 6.45) is 5.89. The van der Waals surface area contributed by atoms with E-state index in [2.05, 4.69) is 40.2 Å². The first kappa shape index (κ1) is 8.96. The van der Waals surface area contributed by atoms with Crippen molar-refractivity contribution in [2.24, 2.45) is 11.8 Å². The van der Waals surface area contributed by atoms with Gasteiger partial charge in [-0.3, -0.25) is 0 Å². The molecular formula is C13H15Br. The van der Waals surface area contributed by atoms with E-state index in [4.69, 9.17) is 0 Å². The molecule has 74 valence electrons. The minimum Gasteiger partial charge on any atom is -0.0619 e. The summed E-state index contributed by atoms with van der Waals surface area (Å²) >= 11 is 3.68. The van der Waals surface area contributed by atoms with Gasteiger partial charge in [-0.2, -0.15) is 0 Å². The van der Waals surface area contributed by atoms with E-state index in [1.165, 1.54) is 30.2 Å². The molecule has 0 aromatic heterocycles. The molecule has 1 aromatic carbocycles. The minimum atomic E-state index is 0.851. The van der Waals surface area contributed by atoms with Crippen molar-refractivity contribution in [1.29, 1.82) is 0 Å². The molecule has 0 aliphatic heterocycles. The van der Waals surface area contributed by atoms with Crippen LogP contribution in [0.2, 0.25) is 0 Å². The Morgan fingerprint density at radius 2 is 1.93 bits per heavy atom. The lowest BCUT2D eigenvalue weighted by atomic mass is 9.83. The molecule has 2 fully saturated rings. The molecule has 0 unspecified atom stereocenters. The molecule has 0 radical (unpaired) electrons. The SMILES string of the molecule is Brc1ccccc1[C@@H]1C[C@H]2CC[C@@H]1C2. The van der Waals surface area contributed by atoms with Gasteiger partial charge in [0.1, 0.15) is 0 Å². The van der Waals surface area contributed by atoms with Crippen LogP contribution >= 0.6 is 15.9 Å². The summed E-state index contributed by atoms with van der Waals surface area (Å²) in [5, 5.41) is 0. The van der Waals surface area contributed by atoms with Crippen LogP contribution in [-0.2, 0) is 0 Å².